The molecule has 2 rings (SSSR count). The lowest BCUT2D eigenvalue weighted by Crippen LogP contribution is -2.31. The van der Waals surface area contributed by atoms with Crippen molar-refractivity contribution in [1.29, 1.82) is 0 Å². The molecular weight excluding hydrogens is 406 g/mol. The number of methoxy groups -OCH3 is 1. The zero-order chi connectivity index (χ0) is 22.5. The van der Waals surface area contributed by atoms with Crippen LogP contribution >= 0.6 is 0 Å². The van der Waals surface area contributed by atoms with Crippen molar-refractivity contribution in [2.45, 2.75) is 25.7 Å². The van der Waals surface area contributed by atoms with Crippen molar-refractivity contribution in [3.05, 3.63) is 48.0 Å². The monoisotopic (exact) mass is 433 g/mol. The Hall–Kier alpha value is -2.91. The van der Waals surface area contributed by atoms with Crippen LogP contribution in [0.2, 0.25) is 0 Å². The number of rotatable bonds is 8. The van der Waals surface area contributed by atoms with Gasteiger partial charge in [0.05, 0.1) is 7.11 Å². The lowest BCUT2D eigenvalue weighted by atomic mass is 10.2. The Morgan fingerprint density at radius 2 is 1.63 bits per heavy atom. The molecule has 0 fully saturated rings. The second-order valence-corrected chi connectivity index (χ2v) is 8.44. The zero-order valence-corrected chi connectivity index (χ0v) is 18.6. The normalized spacial score (nSPS) is 11.3. The fourth-order valence-electron chi connectivity index (χ4n) is 2.88. The standard InChI is InChI=1S/C21H27N3O5S/c1-6-24(7-2)30(27,28)20-14-16(8-13-19(20)29-5)21(26)22-17-9-11-18(12-10-17)23(4)15(3)25/h8-14H,6-7H2,1-5H3,(H,22,26). The molecule has 0 aliphatic rings. The van der Waals surface area contributed by atoms with Gasteiger partial charge in [-0.25, -0.2) is 8.42 Å². The molecule has 0 aliphatic carbocycles. The molecule has 0 spiro atoms. The van der Waals surface area contributed by atoms with Crippen molar-refractivity contribution in [2.24, 2.45) is 0 Å². The third-order valence-electron chi connectivity index (χ3n) is 4.73. The predicted octanol–water partition coefficient (Wildman–Crippen LogP) is 2.96. The van der Waals surface area contributed by atoms with Gasteiger partial charge >= 0.3 is 0 Å². The van der Waals surface area contributed by atoms with Crippen LogP contribution in [0.3, 0.4) is 0 Å². The fourth-order valence-corrected chi connectivity index (χ4v) is 4.52. The Bertz CT molecular complexity index is 1020. The minimum absolute atomic E-state index is 0.0558. The van der Waals surface area contributed by atoms with Crippen LogP contribution in [0.15, 0.2) is 47.4 Å². The molecule has 30 heavy (non-hydrogen) atoms. The van der Waals surface area contributed by atoms with E-state index in [1.54, 1.807) is 45.2 Å². The molecule has 0 bridgehead atoms. The molecule has 2 aromatic rings. The summed E-state index contributed by atoms with van der Waals surface area (Å²) in [4.78, 5) is 25.6. The summed E-state index contributed by atoms with van der Waals surface area (Å²) in [6.45, 7) is 5.57. The van der Waals surface area contributed by atoms with E-state index >= 15 is 0 Å². The van der Waals surface area contributed by atoms with E-state index in [1.165, 1.54) is 41.4 Å². The third kappa shape index (κ3) is 4.98. The molecule has 8 nitrogen and oxygen atoms in total. The van der Waals surface area contributed by atoms with E-state index < -0.39 is 15.9 Å². The first-order valence-electron chi connectivity index (χ1n) is 9.49. The van der Waals surface area contributed by atoms with Crippen molar-refractivity contribution < 1.29 is 22.7 Å². The van der Waals surface area contributed by atoms with Gasteiger partial charge in [0.1, 0.15) is 10.6 Å². The van der Waals surface area contributed by atoms with Crippen molar-refractivity contribution in [3.8, 4) is 5.75 Å². The van der Waals surface area contributed by atoms with Crippen LogP contribution in [0.1, 0.15) is 31.1 Å². The molecule has 0 unspecified atom stereocenters. The molecule has 162 valence electrons. The van der Waals surface area contributed by atoms with Crippen LogP contribution in [0.4, 0.5) is 11.4 Å². The highest BCUT2D eigenvalue weighted by molar-refractivity contribution is 7.89. The van der Waals surface area contributed by atoms with E-state index in [9.17, 15) is 18.0 Å². The summed E-state index contributed by atoms with van der Waals surface area (Å²) in [7, 11) is -0.763. The largest absolute Gasteiger partial charge is 0.495 e. The van der Waals surface area contributed by atoms with Gasteiger partial charge < -0.3 is 15.0 Å². The molecule has 0 aromatic heterocycles. The Labute approximate surface area is 177 Å². The van der Waals surface area contributed by atoms with Gasteiger partial charge in [0.25, 0.3) is 5.91 Å². The number of benzene rings is 2. The highest BCUT2D eigenvalue weighted by Gasteiger charge is 2.26. The number of sulfonamides is 1. The SMILES string of the molecule is CCN(CC)S(=O)(=O)c1cc(C(=O)Nc2ccc(N(C)C(C)=O)cc2)ccc1OC. The van der Waals surface area contributed by atoms with Crippen molar-refractivity contribution in [3.63, 3.8) is 0 Å². The van der Waals surface area contributed by atoms with Gasteiger partial charge in [0, 0.05) is 44.0 Å². The first-order valence-corrected chi connectivity index (χ1v) is 10.9. The quantitative estimate of drug-likeness (QED) is 0.690. The van der Waals surface area contributed by atoms with Crippen LogP contribution < -0.4 is 15.0 Å². The molecule has 9 heteroatoms. The van der Waals surface area contributed by atoms with E-state index in [2.05, 4.69) is 5.32 Å². The average Bonchev–Trinajstić information content (AvgIpc) is 2.73. The average molecular weight is 434 g/mol. The van der Waals surface area contributed by atoms with Gasteiger partial charge in [-0.05, 0) is 42.5 Å². The highest BCUT2D eigenvalue weighted by Crippen LogP contribution is 2.28. The second kappa shape index (κ2) is 9.73. The summed E-state index contributed by atoms with van der Waals surface area (Å²) >= 11 is 0. The van der Waals surface area contributed by atoms with E-state index in [1.807, 2.05) is 0 Å². The van der Waals surface area contributed by atoms with E-state index in [0.29, 0.717) is 24.5 Å². The smallest absolute Gasteiger partial charge is 0.255 e. The summed E-state index contributed by atoms with van der Waals surface area (Å²) in [6, 6.07) is 11.1. The van der Waals surface area contributed by atoms with E-state index in [4.69, 9.17) is 4.74 Å². The van der Waals surface area contributed by atoms with Crippen LogP contribution in [-0.4, -0.2) is 51.8 Å². The zero-order valence-electron chi connectivity index (χ0n) is 17.8. The van der Waals surface area contributed by atoms with E-state index in [0.717, 1.165) is 0 Å². The lowest BCUT2D eigenvalue weighted by Gasteiger charge is -2.20. The number of anilines is 2. The van der Waals surface area contributed by atoms with Crippen molar-refractivity contribution in [2.75, 3.05) is 37.5 Å². The minimum atomic E-state index is -3.81. The first-order chi connectivity index (χ1) is 14.1. The van der Waals surface area contributed by atoms with Gasteiger partial charge in [0.15, 0.2) is 0 Å². The van der Waals surface area contributed by atoms with Gasteiger partial charge in [0.2, 0.25) is 15.9 Å². The number of hydrogen-bond donors (Lipinski definition) is 1. The molecule has 0 aliphatic heterocycles. The molecule has 0 heterocycles. The number of nitrogens with one attached hydrogen (secondary N) is 1. The van der Waals surface area contributed by atoms with Crippen LogP contribution in [0, 0.1) is 0 Å². The summed E-state index contributed by atoms with van der Waals surface area (Å²) < 4.78 is 32.4. The van der Waals surface area contributed by atoms with Crippen LogP contribution in [-0.2, 0) is 14.8 Å². The summed E-state index contributed by atoms with van der Waals surface area (Å²) in [5.41, 5.74) is 1.40. The third-order valence-corrected chi connectivity index (χ3v) is 6.80. The lowest BCUT2D eigenvalue weighted by molar-refractivity contribution is -0.116. The Morgan fingerprint density at radius 3 is 2.13 bits per heavy atom. The molecule has 0 saturated carbocycles. The molecule has 0 saturated heterocycles. The van der Waals surface area contributed by atoms with Gasteiger partial charge in [-0.2, -0.15) is 4.31 Å². The minimum Gasteiger partial charge on any atom is -0.495 e. The predicted molar refractivity (Wildman–Crippen MR) is 117 cm³/mol. The maximum absolute atomic E-state index is 12.9. The van der Waals surface area contributed by atoms with Gasteiger partial charge in [-0.15, -0.1) is 0 Å². The topological polar surface area (TPSA) is 96.0 Å². The number of carbonyl (C=O) groups excluding carboxylic acids is 2. The summed E-state index contributed by atoms with van der Waals surface area (Å²) in [5, 5.41) is 2.74. The number of hydrogen-bond acceptors (Lipinski definition) is 5. The van der Waals surface area contributed by atoms with Gasteiger partial charge in [-0.1, -0.05) is 13.8 Å². The maximum atomic E-state index is 12.9. The second-order valence-electron chi connectivity index (χ2n) is 6.53. The van der Waals surface area contributed by atoms with Crippen molar-refractivity contribution in [1.82, 2.24) is 4.31 Å². The summed E-state index contributed by atoms with van der Waals surface area (Å²) in [6.07, 6.45) is 0. The molecule has 0 atom stereocenters. The highest BCUT2D eigenvalue weighted by atomic mass is 32.2. The summed E-state index contributed by atoms with van der Waals surface area (Å²) in [5.74, 6) is -0.386. The molecule has 0 radical (unpaired) electrons. The van der Waals surface area contributed by atoms with Crippen LogP contribution in [0.5, 0.6) is 5.75 Å². The molecular formula is C21H27N3O5S. The number of amides is 2. The molecule has 2 amide bonds. The maximum Gasteiger partial charge on any atom is 0.255 e. The van der Waals surface area contributed by atoms with Crippen molar-refractivity contribution >= 4 is 33.2 Å². The Morgan fingerprint density at radius 1 is 1.03 bits per heavy atom. The van der Waals surface area contributed by atoms with E-state index in [-0.39, 0.29) is 22.1 Å². The number of nitrogens with zero attached hydrogens (tertiary/aromatic N) is 2. The number of carbonyl (C=O) groups is 2. The first kappa shape index (κ1) is 23.4. The fraction of sp³-hybridized carbons (Fsp3) is 0.333. The van der Waals surface area contributed by atoms with Gasteiger partial charge in [-0.3, -0.25) is 9.59 Å². The number of ether oxygens (including phenoxy) is 1. The Kier molecular flexibility index (Phi) is 7.58. The molecule has 2 aromatic carbocycles. The molecule has 1 N–H and O–H groups in total. The van der Waals surface area contributed by atoms with Crippen LogP contribution in [0.25, 0.3) is 0 Å². The Balaban J connectivity index is 2.32.